The largest absolute Gasteiger partial charge is 0.497 e. The van der Waals surface area contributed by atoms with Gasteiger partial charge in [-0.1, -0.05) is 35.9 Å². The minimum Gasteiger partial charge on any atom is -0.497 e. The van der Waals surface area contributed by atoms with E-state index in [-0.39, 0.29) is 22.0 Å². The van der Waals surface area contributed by atoms with Crippen molar-refractivity contribution >= 4 is 28.5 Å². The number of aromatic amines is 1. The summed E-state index contributed by atoms with van der Waals surface area (Å²) in [5, 5.41) is -0.178. The summed E-state index contributed by atoms with van der Waals surface area (Å²) in [6.45, 7) is 0.815. The number of hydrogen-bond acceptors (Lipinski definition) is 6. The van der Waals surface area contributed by atoms with Crippen LogP contribution in [0.5, 0.6) is 11.5 Å². The molecule has 0 aliphatic carbocycles. The van der Waals surface area contributed by atoms with Gasteiger partial charge in [-0.05, 0) is 35.4 Å². The minimum atomic E-state index is -0.717. The molecule has 9 heteroatoms. The lowest BCUT2D eigenvalue weighted by atomic mass is 10.1. The lowest BCUT2D eigenvalue weighted by molar-refractivity contribution is 0.414. The molecule has 2 aromatic heterocycles. The van der Waals surface area contributed by atoms with Crippen molar-refractivity contribution in [2.45, 2.75) is 13.1 Å². The molecular formula is C23H20ClFN4O3. The quantitative estimate of drug-likeness (QED) is 0.418. The van der Waals surface area contributed by atoms with E-state index in [2.05, 4.69) is 15.0 Å². The Kier molecular flexibility index (Phi) is 6.23. The van der Waals surface area contributed by atoms with Gasteiger partial charge in [-0.3, -0.25) is 9.78 Å². The summed E-state index contributed by atoms with van der Waals surface area (Å²) in [7, 11) is 3.20. The highest BCUT2D eigenvalue weighted by molar-refractivity contribution is 6.34. The van der Waals surface area contributed by atoms with Gasteiger partial charge < -0.3 is 14.4 Å². The molecule has 4 rings (SSSR count). The summed E-state index contributed by atoms with van der Waals surface area (Å²) in [6.07, 6.45) is 0.957. The smallest absolute Gasteiger partial charge is 0.263 e. The van der Waals surface area contributed by atoms with Crippen molar-refractivity contribution in [1.29, 1.82) is 0 Å². The van der Waals surface area contributed by atoms with Gasteiger partial charge in [0.2, 0.25) is 5.95 Å². The minimum absolute atomic E-state index is 0.0794. The maximum absolute atomic E-state index is 14.4. The fourth-order valence-corrected chi connectivity index (χ4v) is 3.55. The van der Waals surface area contributed by atoms with Gasteiger partial charge in [-0.15, -0.1) is 0 Å². The van der Waals surface area contributed by atoms with Gasteiger partial charge in [-0.2, -0.15) is 0 Å². The van der Waals surface area contributed by atoms with Crippen LogP contribution in [0.2, 0.25) is 5.15 Å². The zero-order valence-corrected chi connectivity index (χ0v) is 18.2. The van der Waals surface area contributed by atoms with E-state index in [0.717, 1.165) is 28.8 Å². The third-order valence-corrected chi connectivity index (χ3v) is 5.28. The number of benzene rings is 2. The Morgan fingerprint density at radius 1 is 0.969 bits per heavy atom. The number of H-pyrrole nitrogens is 1. The van der Waals surface area contributed by atoms with Crippen LogP contribution < -0.4 is 19.9 Å². The number of nitrogens with zero attached hydrogens (tertiary/aromatic N) is 3. The lowest BCUT2D eigenvalue weighted by Gasteiger charge is -2.24. The SMILES string of the molecule is COc1ccc(CN(Cc2ccc(OC)cc2)c2nc3c(F)cnc(Cl)c3c(=O)[nH]2)cc1. The Labute approximate surface area is 188 Å². The van der Waals surface area contributed by atoms with Gasteiger partial charge in [0, 0.05) is 13.1 Å². The Balaban J connectivity index is 1.76. The van der Waals surface area contributed by atoms with Crippen molar-refractivity contribution in [3.63, 3.8) is 0 Å². The summed E-state index contributed by atoms with van der Waals surface area (Å²) in [6, 6.07) is 15.1. The van der Waals surface area contributed by atoms with Crippen LogP contribution in [0.15, 0.2) is 59.5 Å². The van der Waals surface area contributed by atoms with Crippen LogP contribution in [0.25, 0.3) is 10.9 Å². The highest BCUT2D eigenvalue weighted by Crippen LogP contribution is 2.23. The van der Waals surface area contributed by atoms with Gasteiger partial charge in [0.15, 0.2) is 5.82 Å². The van der Waals surface area contributed by atoms with E-state index >= 15 is 0 Å². The molecule has 32 heavy (non-hydrogen) atoms. The van der Waals surface area contributed by atoms with Crippen molar-refractivity contribution < 1.29 is 13.9 Å². The number of anilines is 1. The molecule has 2 aromatic carbocycles. The molecule has 4 aromatic rings. The summed E-state index contributed by atoms with van der Waals surface area (Å²) in [5.74, 6) is 0.967. The molecule has 2 heterocycles. The summed E-state index contributed by atoms with van der Waals surface area (Å²) < 4.78 is 24.9. The molecule has 0 amide bonds. The fourth-order valence-electron chi connectivity index (χ4n) is 3.32. The zero-order valence-electron chi connectivity index (χ0n) is 17.4. The van der Waals surface area contributed by atoms with E-state index in [4.69, 9.17) is 21.1 Å². The molecule has 164 valence electrons. The van der Waals surface area contributed by atoms with Crippen molar-refractivity contribution in [3.8, 4) is 11.5 Å². The van der Waals surface area contributed by atoms with Crippen molar-refractivity contribution in [3.05, 3.63) is 87.2 Å². The number of methoxy groups -OCH3 is 2. The Morgan fingerprint density at radius 3 is 2.00 bits per heavy atom. The third kappa shape index (κ3) is 4.50. The van der Waals surface area contributed by atoms with Gasteiger partial charge in [0.1, 0.15) is 27.6 Å². The van der Waals surface area contributed by atoms with E-state index in [1.54, 1.807) is 14.2 Å². The number of nitrogens with one attached hydrogen (secondary N) is 1. The average molecular weight is 455 g/mol. The fraction of sp³-hybridized carbons (Fsp3) is 0.174. The molecule has 0 aliphatic rings. The van der Waals surface area contributed by atoms with E-state index in [0.29, 0.717) is 13.1 Å². The van der Waals surface area contributed by atoms with Crippen molar-refractivity contribution in [2.24, 2.45) is 0 Å². The first-order chi connectivity index (χ1) is 15.5. The van der Waals surface area contributed by atoms with Crippen LogP contribution in [-0.2, 0) is 13.1 Å². The van der Waals surface area contributed by atoms with E-state index in [1.807, 2.05) is 53.4 Å². The van der Waals surface area contributed by atoms with Crippen molar-refractivity contribution in [2.75, 3.05) is 19.1 Å². The monoisotopic (exact) mass is 454 g/mol. The molecule has 0 saturated heterocycles. The molecule has 0 bridgehead atoms. The van der Waals surface area contributed by atoms with E-state index in [1.165, 1.54) is 0 Å². The maximum atomic E-state index is 14.4. The third-order valence-electron chi connectivity index (χ3n) is 5.00. The van der Waals surface area contributed by atoms with Crippen LogP contribution in [-0.4, -0.2) is 29.2 Å². The lowest BCUT2D eigenvalue weighted by Crippen LogP contribution is -2.27. The number of hydrogen-bond donors (Lipinski definition) is 1. The Hall–Kier alpha value is -3.65. The highest BCUT2D eigenvalue weighted by Gasteiger charge is 2.17. The summed E-state index contributed by atoms with van der Waals surface area (Å²) >= 11 is 6.01. The molecule has 7 nitrogen and oxygen atoms in total. The van der Waals surface area contributed by atoms with Crippen LogP contribution >= 0.6 is 11.6 Å². The highest BCUT2D eigenvalue weighted by atomic mass is 35.5. The molecular weight excluding hydrogens is 435 g/mol. The normalized spacial score (nSPS) is 10.9. The van der Waals surface area contributed by atoms with Crippen LogP contribution in [0.3, 0.4) is 0 Å². The van der Waals surface area contributed by atoms with Crippen molar-refractivity contribution in [1.82, 2.24) is 15.0 Å². The van der Waals surface area contributed by atoms with E-state index in [9.17, 15) is 9.18 Å². The molecule has 0 aliphatic heterocycles. The predicted molar refractivity (Wildman–Crippen MR) is 121 cm³/mol. The first kappa shape index (κ1) is 21.6. The molecule has 0 radical (unpaired) electrons. The van der Waals surface area contributed by atoms with Crippen LogP contribution in [0.4, 0.5) is 10.3 Å². The molecule has 0 fully saturated rings. The first-order valence-corrected chi connectivity index (χ1v) is 10.1. The van der Waals surface area contributed by atoms with Gasteiger partial charge in [0.25, 0.3) is 5.56 Å². The summed E-state index contributed by atoms with van der Waals surface area (Å²) in [5.41, 5.74) is 1.22. The molecule has 0 unspecified atom stereocenters. The predicted octanol–water partition coefficient (Wildman–Crippen LogP) is 4.33. The molecule has 0 spiro atoms. The second-order valence-electron chi connectivity index (χ2n) is 7.06. The zero-order chi connectivity index (χ0) is 22.7. The molecule has 0 atom stereocenters. The van der Waals surface area contributed by atoms with Gasteiger partial charge >= 0.3 is 0 Å². The second kappa shape index (κ2) is 9.23. The first-order valence-electron chi connectivity index (χ1n) is 9.73. The van der Waals surface area contributed by atoms with Gasteiger partial charge in [-0.25, -0.2) is 14.4 Å². The van der Waals surface area contributed by atoms with Crippen LogP contribution in [0.1, 0.15) is 11.1 Å². The standard InChI is InChI=1S/C23H20ClFN4O3/c1-31-16-7-3-14(4-8-16)12-29(13-15-5-9-17(32-2)10-6-15)23-27-20-18(25)11-26-21(24)19(20)22(30)28-23/h3-11H,12-13H2,1-2H3,(H,27,28,30). The number of ether oxygens (including phenoxy) is 2. The van der Waals surface area contributed by atoms with Crippen LogP contribution in [0, 0.1) is 5.82 Å². The topological polar surface area (TPSA) is 80.3 Å². The molecule has 1 N–H and O–H groups in total. The Bertz CT molecular complexity index is 1240. The average Bonchev–Trinajstić information content (AvgIpc) is 2.81. The number of fused-ring (bicyclic) bond motifs is 1. The second-order valence-corrected chi connectivity index (χ2v) is 7.42. The maximum Gasteiger partial charge on any atom is 0.263 e. The Morgan fingerprint density at radius 2 is 1.50 bits per heavy atom. The molecule has 0 saturated carbocycles. The number of rotatable bonds is 7. The number of aromatic nitrogens is 3. The number of halogens is 2. The van der Waals surface area contributed by atoms with E-state index < -0.39 is 11.4 Å². The number of pyridine rings is 1. The van der Waals surface area contributed by atoms with Gasteiger partial charge in [0.05, 0.1) is 20.4 Å². The summed E-state index contributed by atoms with van der Waals surface area (Å²) in [4.78, 5) is 25.4.